The second-order valence-corrected chi connectivity index (χ2v) is 7.53. The Balaban J connectivity index is 2.02. The molecule has 0 radical (unpaired) electrons. The van der Waals surface area contributed by atoms with Crippen LogP contribution in [0.25, 0.3) is 22.2 Å². The van der Waals surface area contributed by atoms with E-state index in [1.54, 1.807) is 12.1 Å². The summed E-state index contributed by atoms with van der Waals surface area (Å²) in [6.45, 7) is 3.46. The van der Waals surface area contributed by atoms with Gasteiger partial charge in [0.25, 0.3) is 5.56 Å². The number of H-pyrrole nitrogens is 1. The molecule has 0 saturated heterocycles. The summed E-state index contributed by atoms with van der Waals surface area (Å²) < 4.78 is 1.98. The van der Waals surface area contributed by atoms with Crippen LogP contribution in [0.2, 0.25) is 0 Å². The molecule has 158 valence electrons. The van der Waals surface area contributed by atoms with Crippen molar-refractivity contribution in [3.8, 4) is 17.0 Å². The Morgan fingerprint density at radius 1 is 1.30 bits per heavy atom. The number of hydrogen-bond donors (Lipinski definition) is 6. The van der Waals surface area contributed by atoms with Gasteiger partial charge in [-0.1, -0.05) is 6.92 Å². The average Bonchev–Trinajstić information content (AvgIpc) is 2.96. The van der Waals surface area contributed by atoms with Gasteiger partial charge >= 0.3 is 5.97 Å². The lowest BCUT2D eigenvalue weighted by atomic mass is 9.97. The first-order valence-electron chi connectivity index (χ1n) is 9.65. The molecule has 0 saturated carbocycles. The number of hydrogen-bond acceptors (Lipinski definition) is 6. The Bertz CT molecular complexity index is 1230. The highest BCUT2D eigenvalue weighted by molar-refractivity contribution is 5.93. The van der Waals surface area contributed by atoms with Crippen molar-refractivity contribution in [2.24, 2.45) is 7.05 Å². The van der Waals surface area contributed by atoms with Gasteiger partial charge in [-0.2, -0.15) is 0 Å². The topological polar surface area (TPSA) is 148 Å². The fraction of sp³-hybridized carbons (Fsp3) is 0.333. The number of fused-ring (bicyclic) bond motifs is 4. The highest BCUT2D eigenvalue weighted by Crippen LogP contribution is 2.41. The first kappa shape index (κ1) is 20.1. The maximum atomic E-state index is 12.3. The standard InChI is InChI=1S/C21H23N3O6/c1-3-22-8-10-4-9-5-11-12(6-14(9)24(10)2)18(26)15(25)7-13-17(11)23-20(28)16(19(13)27)21(29)30/h4-6,15,18,22,25-26H,3,7-8H2,1-2H3,(H,29,30)(H2,23,27,28)/t15-,18+/m1/s1. The molecule has 9 heteroatoms. The highest BCUT2D eigenvalue weighted by Gasteiger charge is 2.33. The number of aryl methyl sites for hydroxylation is 1. The number of carboxylic acid groups (broad SMARTS) is 1. The number of aromatic nitrogens is 2. The summed E-state index contributed by atoms with van der Waals surface area (Å²) in [4.78, 5) is 26.3. The fourth-order valence-corrected chi connectivity index (χ4v) is 4.13. The van der Waals surface area contributed by atoms with Gasteiger partial charge in [-0.15, -0.1) is 0 Å². The smallest absolute Gasteiger partial charge is 0.345 e. The molecular weight excluding hydrogens is 390 g/mol. The number of aromatic hydroxyl groups is 1. The Hall–Kier alpha value is -3.14. The van der Waals surface area contributed by atoms with Gasteiger partial charge in [0.1, 0.15) is 11.9 Å². The van der Waals surface area contributed by atoms with Crippen molar-refractivity contribution >= 4 is 16.9 Å². The molecule has 0 unspecified atom stereocenters. The van der Waals surface area contributed by atoms with Crippen LogP contribution in [-0.4, -0.2) is 48.6 Å². The van der Waals surface area contributed by atoms with Gasteiger partial charge in [0, 0.05) is 47.7 Å². The second-order valence-electron chi connectivity index (χ2n) is 7.53. The van der Waals surface area contributed by atoms with Gasteiger partial charge < -0.3 is 35.3 Å². The molecule has 0 amide bonds. The van der Waals surface area contributed by atoms with E-state index in [4.69, 9.17) is 0 Å². The Kier molecular flexibility index (Phi) is 4.89. The number of aliphatic hydroxyl groups is 2. The van der Waals surface area contributed by atoms with Crippen LogP contribution in [0.15, 0.2) is 23.0 Å². The summed E-state index contributed by atoms with van der Waals surface area (Å²) >= 11 is 0. The summed E-state index contributed by atoms with van der Waals surface area (Å²) in [5.74, 6) is -2.26. The zero-order valence-corrected chi connectivity index (χ0v) is 16.6. The molecule has 0 aliphatic heterocycles. The zero-order valence-electron chi connectivity index (χ0n) is 16.6. The van der Waals surface area contributed by atoms with E-state index in [1.165, 1.54) is 0 Å². The predicted octanol–water partition coefficient (Wildman–Crippen LogP) is 0.997. The van der Waals surface area contributed by atoms with Crippen LogP contribution in [0, 0.1) is 0 Å². The van der Waals surface area contributed by atoms with Crippen molar-refractivity contribution in [1.82, 2.24) is 14.9 Å². The van der Waals surface area contributed by atoms with Crippen molar-refractivity contribution in [3.05, 3.63) is 50.9 Å². The van der Waals surface area contributed by atoms with Crippen LogP contribution in [0.5, 0.6) is 5.75 Å². The van der Waals surface area contributed by atoms with Crippen LogP contribution >= 0.6 is 0 Å². The predicted molar refractivity (Wildman–Crippen MR) is 110 cm³/mol. The lowest BCUT2D eigenvalue weighted by molar-refractivity contribution is 0.0201. The van der Waals surface area contributed by atoms with Gasteiger partial charge in [-0.3, -0.25) is 4.79 Å². The van der Waals surface area contributed by atoms with E-state index in [9.17, 15) is 30.0 Å². The largest absolute Gasteiger partial charge is 0.506 e. The third kappa shape index (κ3) is 2.98. The molecule has 6 N–H and O–H groups in total. The van der Waals surface area contributed by atoms with Gasteiger partial charge in [-0.05, 0) is 30.3 Å². The normalized spacial score (nSPS) is 18.1. The van der Waals surface area contributed by atoms with Crippen LogP contribution in [0.3, 0.4) is 0 Å². The number of benzene rings is 1. The molecule has 0 bridgehead atoms. The van der Waals surface area contributed by atoms with Crippen LogP contribution < -0.4 is 10.9 Å². The first-order chi connectivity index (χ1) is 14.2. The molecule has 9 nitrogen and oxygen atoms in total. The van der Waals surface area contributed by atoms with Crippen molar-refractivity contribution in [1.29, 1.82) is 0 Å². The molecule has 0 fully saturated rings. The number of aromatic amines is 1. The molecule has 2 atom stereocenters. The summed E-state index contributed by atoms with van der Waals surface area (Å²) in [6, 6.07) is 5.51. The number of nitrogens with zero attached hydrogens (tertiary/aromatic N) is 1. The number of carbonyl (C=O) groups is 1. The molecule has 0 spiro atoms. The number of rotatable bonds is 4. The van der Waals surface area contributed by atoms with E-state index in [0.29, 0.717) is 17.7 Å². The minimum atomic E-state index is -1.57. The minimum Gasteiger partial charge on any atom is -0.506 e. The summed E-state index contributed by atoms with van der Waals surface area (Å²) in [5.41, 5.74) is 1.23. The number of carboxylic acids is 1. The Labute approximate surface area is 171 Å². The maximum Gasteiger partial charge on any atom is 0.345 e. The number of aliphatic hydroxyl groups excluding tert-OH is 2. The van der Waals surface area contributed by atoms with E-state index < -0.39 is 35.0 Å². The van der Waals surface area contributed by atoms with Gasteiger partial charge in [0.05, 0.1) is 11.8 Å². The van der Waals surface area contributed by atoms with Crippen molar-refractivity contribution in [2.75, 3.05) is 6.54 Å². The number of nitrogens with one attached hydrogen (secondary N) is 2. The van der Waals surface area contributed by atoms with Gasteiger partial charge in [0.2, 0.25) is 0 Å². The fourth-order valence-electron chi connectivity index (χ4n) is 4.13. The van der Waals surface area contributed by atoms with Crippen molar-refractivity contribution < 1.29 is 25.2 Å². The lowest BCUT2D eigenvalue weighted by Gasteiger charge is -2.17. The Morgan fingerprint density at radius 2 is 2.03 bits per heavy atom. The number of aromatic carboxylic acids is 1. The monoisotopic (exact) mass is 413 g/mol. The third-order valence-electron chi connectivity index (χ3n) is 5.74. The van der Waals surface area contributed by atoms with E-state index in [2.05, 4.69) is 10.3 Å². The minimum absolute atomic E-state index is 0.0838. The summed E-state index contributed by atoms with van der Waals surface area (Å²) in [7, 11) is 1.90. The molecule has 4 rings (SSSR count). The van der Waals surface area contributed by atoms with Crippen molar-refractivity contribution in [3.63, 3.8) is 0 Å². The van der Waals surface area contributed by atoms with Crippen LogP contribution in [0.1, 0.15) is 40.2 Å². The van der Waals surface area contributed by atoms with Gasteiger partial charge in [-0.25, -0.2) is 4.79 Å². The maximum absolute atomic E-state index is 12.3. The molecule has 1 aromatic carbocycles. The lowest BCUT2D eigenvalue weighted by Crippen LogP contribution is -2.22. The van der Waals surface area contributed by atoms with Crippen LogP contribution in [-0.2, 0) is 20.0 Å². The molecule has 1 aliphatic rings. The van der Waals surface area contributed by atoms with E-state index >= 15 is 0 Å². The third-order valence-corrected chi connectivity index (χ3v) is 5.74. The van der Waals surface area contributed by atoms with Gasteiger partial charge in [0.15, 0.2) is 5.56 Å². The highest BCUT2D eigenvalue weighted by atomic mass is 16.4. The average molecular weight is 413 g/mol. The molecule has 2 heterocycles. The quantitative estimate of drug-likeness (QED) is 0.374. The molecule has 1 aliphatic carbocycles. The molecule has 3 aromatic rings. The summed E-state index contributed by atoms with van der Waals surface area (Å²) in [6.07, 6.45) is -2.78. The second kappa shape index (κ2) is 7.28. The van der Waals surface area contributed by atoms with Crippen LogP contribution in [0.4, 0.5) is 0 Å². The Morgan fingerprint density at radius 3 is 2.70 bits per heavy atom. The number of pyridine rings is 1. The van der Waals surface area contributed by atoms with E-state index in [-0.39, 0.29) is 17.7 Å². The van der Waals surface area contributed by atoms with E-state index in [1.807, 2.05) is 24.6 Å². The molecular formula is C21H23N3O6. The molecule has 30 heavy (non-hydrogen) atoms. The summed E-state index contributed by atoms with van der Waals surface area (Å²) in [5, 5.41) is 45.2. The zero-order chi connectivity index (χ0) is 21.7. The SMILES string of the molecule is CCNCc1cc2cc3c(cc2n1C)[C@H](O)[C@H](O)Cc1c-3[nH]c(=O)c(C(=O)O)c1O. The first-order valence-corrected chi connectivity index (χ1v) is 9.65. The molecule has 2 aromatic heterocycles. The van der Waals surface area contributed by atoms with E-state index in [0.717, 1.165) is 23.1 Å². The van der Waals surface area contributed by atoms with Crippen molar-refractivity contribution in [2.45, 2.75) is 32.1 Å².